The van der Waals surface area contributed by atoms with Gasteiger partial charge in [0.2, 0.25) is 0 Å². The summed E-state index contributed by atoms with van der Waals surface area (Å²) in [4.78, 5) is 2.12. The lowest BCUT2D eigenvalue weighted by molar-refractivity contribution is 0.345. The SMILES string of the molecule is CC.CCc1cc(Sc2ccc(O)cc2)cc(C(c2ccc(OC)cc2)C(C)(C)C)c1O. The second kappa shape index (κ2) is 11.3. The highest BCUT2D eigenvalue weighted by molar-refractivity contribution is 7.99. The standard InChI is InChI=1S/C26H30O3S.C2H6/c1-6-17-15-22(30-21-13-9-19(27)10-14-21)16-23(25(17)28)24(26(2,3)4)18-7-11-20(29-5)12-8-18;1-2/h7-16,24,27-28H,6H2,1-5H3;1-2H3. The summed E-state index contributed by atoms with van der Waals surface area (Å²) in [6.07, 6.45) is 0.752. The molecule has 0 aliphatic heterocycles. The Balaban J connectivity index is 0.00000176. The number of rotatable bonds is 6. The summed E-state index contributed by atoms with van der Waals surface area (Å²) in [6, 6.07) is 19.5. The van der Waals surface area contributed by atoms with Gasteiger partial charge in [-0.3, -0.25) is 0 Å². The number of methoxy groups -OCH3 is 1. The van der Waals surface area contributed by atoms with Gasteiger partial charge in [-0.25, -0.2) is 0 Å². The molecule has 0 aliphatic carbocycles. The van der Waals surface area contributed by atoms with Gasteiger partial charge >= 0.3 is 0 Å². The average molecular weight is 453 g/mol. The number of phenols is 2. The maximum absolute atomic E-state index is 11.1. The molecule has 0 saturated heterocycles. The maximum Gasteiger partial charge on any atom is 0.122 e. The van der Waals surface area contributed by atoms with Crippen molar-refractivity contribution >= 4 is 11.8 Å². The van der Waals surface area contributed by atoms with Gasteiger partial charge in [-0.05, 0) is 71.5 Å². The number of hydrogen-bond acceptors (Lipinski definition) is 4. The Morgan fingerprint density at radius 2 is 1.47 bits per heavy atom. The van der Waals surface area contributed by atoms with Crippen LogP contribution in [0.15, 0.2) is 70.5 Å². The summed E-state index contributed by atoms with van der Waals surface area (Å²) < 4.78 is 5.32. The molecule has 0 bridgehead atoms. The van der Waals surface area contributed by atoms with E-state index in [4.69, 9.17) is 4.74 Å². The number of hydrogen-bond donors (Lipinski definition) is 2. The zero-order valence-corrected chi connectivity index (χ0v) is 21.1. The predicted octanol–water partition coefficient (Wildman–Crippen LogP) is 8.02. The minimum atomic E-state index is -0.0983. The Morgan fingerprint density at radius 3 is 1.97 bits per heavy atom. The Morgan fingerprint density at radius 1 is 0.875 bits per heavy atom. The smallest absolute Gasteiger partial charge is 0.122 e. The molecule has 0 radical (unpaired) electrons. The van der Waals surface area contributed by atoms with Crippen LogP contribution in [0.5, 0.6) is 17.2 Å². The molecule has 0 spiro atoms. The van der Waals surface area contributed by atoms with E-state index in [1.165, 1.54) is 0 Å². The van der Waals surface area contributed by atoms with Crippen LogP contribution in [0.2, 0.25) is 0 Å². The van der Waals surface area contributed by atoms with Crippen LogP contribution in [0, 0.1) is 5.41 Å². The lowest BCUT2D eigenvalue weighted by Crippen LogP contribution is -2.20. The molecule has 3 aromatic carbocycles. The van der Waals surface area contributed by atoms with Gasteiger partial charge in [0.25, 0.3) is 0 Å². The van der Waals surface area contributed by atoms with Gasteiger partial charge in [-0.15, -0.1) is 0 Å². The van der Waals surface area contributed by atoms with Crippen LogP contribution in [0.3, 0.4) is 0 Å². The molecule has 0 aliphatic rings. The molecule has 0 heterocycles. The van der Waals surface area contributed by atoms with E-state index in [1.54, 1.807) is 31.0 Å². The molecule has 0 aromatic heterocycles. The van der Waals surface area contributed by atoms with Crippen molar-refractivity contribution in [3.63, 3.8) is 0 Å². The van der Waals surface area contributed by atoms with Crippen molar-refractivity contribution in [2.24, 2.45) is 5.41 Å². The Kier molecular flexibility index (Phi) is 9.09. The minimum absolute atomic E-state index is 0.0223. The van der Waals surface area contributed by atoms with Gasteiger partial charge in [0.05, 0.1) is 7.11 Å². The monoisotopic (exact) mass is 452 g/mol. The van der Waals surface area contributed by atoms with Gasteiger partial charge in [-0.1, -0.05) is 65.4 Å². The molecular weight excluding hydrogens is 416 g/mol. The first-order valence-corrected chi connectivity index (χ1v) is 12.0. The third kappa shape index (κ3) is 6.23. The molecule has 2 N–H and O–H groups in total. The Bertz CT molecular complexity index is 987. The van der Waals surface area contributed by atoms with Crippen LogP contribution in [-0.2, 0) is 6.42 Å². The van der Waals surface area contributed by atoms with Gasteiger partial charge in [0.15, 0.2) is 0 Å². The molecule has 172 valence electrons. The molecule has 0 amide bonds. The first kappa shape index (κ1) is 25.7. The number of benzene rings is 3. The van der Waals surface area contributed by atoms with Crippen LogP contribution in [0.25, 0.3) is 0 Å². The fourth-order valence-corrected chi connectivity index (χ4v) is 4.76. The zero-order chi connectivity index (χ0) is 23.9. The molecule has 3 rings (SSSR count). The lowest BCUT2D eigenvalue weighted by atomic mass is 9.72. The molecule has 0 fully saturated rings. The van der Waals surface area contributed by atoms with Crippen molar-refractivity contribution in [3.05, 3.63) is 77.4 Å². The number of aromatic hydroxyl groups is 2. The summed E-state index contributed by atoms with van der Waals surface area (Å²) in [5.74, 6) is 1.48. The van der Waals surface area contributed by atoms with E-state index in [9.17, 15) is 10.2 Å². The fourth-order valence-electron chi connectivity index (χ4n) is 3.83. The van der Waals surface area contributed by atoms with E-state index in [-0.39, 0.29) is 17.1 Å². The summed E-state index contributed by atoms with van der Waals surface area (Å²) >= 11 is 1.64. The van der Waals surface area contributed by atoms with E-state index in [0.29, 0.717) is 5.75 Å². The van der Waals surface area contributed by atoms with Crippen LogP contribution in [0.4, 0.5) is 0 Å². The van der Waals surface area contributed by atoms with Crippen molar-refractivity contribution < 1.29 is 14.9 Å². The van der Waals surface area contributed by atoms with E-state index in [0.717, 1.165) is 38.7 Å². The van der Waals surface area contributed by atoms with Gasteiger partial charge < -0.3 is 14.9 Å². The molecule has 1 unspecified atom stereocenters. The second-order valence-electron chi connectivity index (χ2n) is 8.54. The summed E-state index contributed by atoms with van der Waals surface area (Å²) in [7, 11) is 1.67. The second-order valence-corrected chi connectivity index (χ2v) is 9.69. The third-order valence-corrected chi connectivity index (χ3v) is 6.25. The molecule has 32 heavy (non-hydrogen) atoms. The van der Waals surface area contributed by atoms with Crippen molar-refractivity contribution in [2.75, 3.05) is 7.11 Å². The van der Waals surface area contributed by atoms with Crippen molar-refractivity contribution in [2.45, 2.75) is 63.7 Å². The molecule has 3 nitrogen and oxygen atoms in total. The average Bonchev–Trinajstić information content (AvgIpc) is 2.78. The van der Waals surface area contributed by atoms with Crippen molar-refractivity contribution in [1.82, 2.24) is 0 Å². The molecule has 1 atom stereocenters. The van der Waals surface area contributed by atoms with E-state index < -0.39 is 0 Å². The van der Waals surface area contributed by atoms with Crippen LogP contribution in [-0.4, -0.2) is 17.3 Å². The predicted molar refractivity (Wildman–Crippen MR) is 135 cm³/mol. The van der Waals surface area contributed by atoms with Gasteiger partial charge in [0.1, 0.15) is 17.2 Å². The van der Waals surface area contributed by atoms with Crippen molar-refractivity contribution in [1.29, 1.82) is 0 Å². The highest BCUT2D eigenvalue weighted by atomic mass is 32.2. The topological polar surface area (TPSA) is 49.7 Å². The summed E-state index contributed by atoms with van der Waals surface area (Å²) in [6.45, 7) is 12.7. The molecule has 4 heteroatoms. The number of ether oxygens (including phenoxy) is 1. The van der Waals surface area contributed by atoms with Crippen molar-refractivity contribution in [3.8, 4) is 17.2 Å². The number of aryl methyl sites for hydroxylation is 1. The van der Waals surface area contributed by atoms with Crippen LogP contribution < -0.4 is 4.74 Å². The Hall–Kier alpha value is -2.59. The minimum Gasteiger partial charge on any atom is -0.508 e. The summed E-state index contributed by atoms with van der Waals surface area (Å²) in [5.41, 5.74) is 2.93. The van der Waals surface area contributed by atoms with Gasteiger partial charge in [0, 0.05) is 21.3 Å². The van der Waals surface area contributed by atoms with Crippen LogP contribution >= 0.6 is 11.8 Å². The largest absolute Gasteiger partial charge is 0.508 e. The highest BCUT2D eigenvalue weighted by Crippen LogP contribution is 2.47. The van der Waals surface area contributed by atoms with E-state index in [1.807, 2.05) is 38.1 Å². The fraction of sp³-hybridized carbons (Fsp3) is 0.357. The first-order chi connectivity index (χ1) is 15.2. The lowest BCUT2D eigenvalue weighted by Gasteiger charge is -2.33. The van der Waals surface area contributed by atoms with E-state index in [2.05, 4.69) is 52.0 Å². The van der Waals surface area contributed by atoms with Crippen LogP contribution in [0.1, 0.15) is 64.2 Å². The number of phenolic OH excluding ortho intramolecular Hbond substituents is 2. The maximum atomic E-state index is 11.1. The summed E-state index contributed by atoms with van der Waals surface area (Å²) in [5, 5.41) is 20.7. The third-order valence-electron chi connectivity index (χ3n) is 5.27. The Labute approximate surface area is 197 Å². The first-order valence-electron chi connectivity index (χ1n) is 11.2. The molecule has 0 saturated carbocycles. The zero-order valence-electron chi connectivity index (χ0n) is 20.3. The normalized spacial score (nSPS) is 12.0. The molecule has 3 aromatic rings. The molecular formula is C28H36O3S. The highest BCUT2D eigenvalue weighted by Gasteiger charge is 2.31. The van der Waals surface area contributed by atoms with Gasteiger partial charge in [-0.2, -0.15) is 0 Å². The van der Waals surface area contributed by atoms with E-state index >= 15 is 0 Å². The quantitative estimate of drug-likeness (QED) is 0.397.